The van der Waals surface area contributed by atoms with E-state index in [1.165, 1.54) is 17.1 Å². The zero-order valence-corrected chi connectivity index (χ0v) is 18.4. The summed E-state index contributed by atoms with van der Waals surface area (Å²) in [6.07, 6.45) is -0.287. The number of esters is 2. The maximum absolute atomic E-state index is 15.8. The number of carbonyl (C=O) groups is 2. The highest BCUT2D eigenvalue weighted by Gasteiger charge is 2.59. The van der Waals surface area contributed by atoms with Crippen LogP contribution >= 0.6 is 0 Å². The fraction of sp³-hybridized carbons (Fsp3) is 0.200. The lowest BCUT2D eigenvalue weighted by atomic mass is 10.0. The number of nitrogen functional groups attached to an aromatic ring is 1. The second-order valence-electron chi connectivity index (χ2n) is 7.95. The van der Waals surface area contributed by atoms with Crippen molar-refractivity contribution in [3.8, 4) is 0 Å². The molecule has 1 saturated heterocycles. The number of aromatic nitrogens is 3. The average Bonchev–Trinajstić information content (AvgIpc) is 3.46. The van der Waals surface area contributed by atoms with Crippen LogP contribution in [0.25, 0.3) is 11.2 Å². The van der Waals surface area contributed by atoms with E-state index in [4.69, 9.17) is 19.9 Å². The van der Waals surface area contributed by atoms with E-state index in [2.05, 4.69) is 9.97 Å². The van der Waals surface area contributed by atoms with Gasteiger partial charge in [0.1, 0.15) is 18.5 Å². The van der Waals surface area contributed by atoms with Crippen molar-refractivity contribution in [2.24, 2.45) is 0 Å². The lowest BCUT2D eigenvalue weighted by molar-refractivity contribution is -0.141. The third-order valence-electron chi connectivity index (χ3n) is 5.84. The molecule has 0 spiro atoms. The summed E-state index contributed by atoms with van der Waals surface area (Å²) in [7, 11) is 0. The van der Waals surface area contributed by atoms with Crippen LogP contribution in [0.5, 0.6) is 0 Å². The molecular formula is C25H21FN4O5. The van der Waals surface area contributed by atoms with E-state index >= 15 is 4.39 Å². The normalized spacial score (nSPS) is 21.6. The number of hydrogen-bond donors (Lipinski definition) is 1. The highest BCUT2D eigenvalue weighted by atomic mass is 19.1. The highest BCUT2D eigenvalue weighted by molar-refractivity contribution is 5.90. The predicted octanol–water partition coefficient (Wildman–Crippen LogP) is 3.12. The Morgan fingerprint density at radius 2 is 1.69 bits per heavy atom. The number of nitrogens with two attached hydrogens (primary N) is 1. The van der Waals surface area contributed by atoms with Gasteiger partial charge < -0.3 is 19.9 Å². The molecule has 10 heteroatoms. The van der Waals surface area contributed by atoms with E-state index in [-0.39, 0.29) is 11.2 Å². The summed E-state index contributed by atoms with van der Waals surface area (Å²) in [5.41, 5.74) is 5.31. The summed E-state index contributed by atoms with van der Waals surface area (Å²) in [6, 6.07) is 18.1. The van der Waals surface area contributed by atoms with Crippen molar-refractivity contribution in [2.45, 2.75) is 18.0 Å². The van der Waals surface area contributed by atoms with Crippen LogP contribution in [0.2, 0.25) is 0 Å². The number of pyridine rings is 1. The van der Waals surface area contributed by atoms with Gasteiger partial charge in [-0.15, -0.1) is 0 Å². The molecule has 1 unspecified atom stereocenters. The molecule has 0 saturated carbocycles. The lowest BCUT2D eigenvalue weighted by Gasteiger charge is -2.35. The van der Waals surface area contributed by atoms with Gasteiger partial charge in [0.05, 0.1) is 23.4 Å². The summed E-state index contributed by atoms with van der Waals surface area (Å²) in [5.74, 6) is -1.42. The van der Waals surface area contributed by atoms with Crippen LogP contribution in [-0.4, -0.2) is 52.0 Å². The summed E-state index contributed by atoms with van der Waals surface area (Å²) in [4.78, 5) is 34.2. The van der Waals surface area contributed by atoms with Crippen LogP contribution in [0.1, 0.15) is 20.7 Å². The van der Waals surface area contributed by atoms with Crippen molar-refractivity contribution < 1.29 is 28.2 Å². The third kappa shape index (κ3) is 3.97. The standard InChI is InChI=1S/C25H21FN4O5/c26-19-13-33-20(14-34-23(31)16-7-3-1-4-8-16)25(19,35-24(32)17-9-5-2-6-10-17)30-15-29-21-18(27)11-12-28-22(21)30/h1-12,15,19-20H,13-14H2,(H2,27,28)/t19-,20-,25?/m1/s1. The number of halogens is 1. The van der Waals surface area contributed by atoms with Crippen LogP contribution in [0.4, 0.5) is 10.1 Å². The monoisotopic (exact) mass is 476 g/mol. The van der Waals surface area contributed by atoms with Gasteiger partial charge in [-0.3, -0.25) is 4.57 Å². The van der Waals surface area contributed by atoms with Gasteiger partial charge in [0, 0.05) is 6.20 Å². The number of nitrogens with zero attached hydrogens (tertiary/aromatic N) is 3. The molecule has 0 bridgehead atoms. The average molecular weight is 476 g/mol. The van der Waals surface area contributed by atoms with E-state index < -0.39 is 43.2 Å². The molecule has 178 valence electrons. The van der Waals surface area contributed by atoms with Gasteiger partial charge >= 0.3 is 11.9 Å². The molecule has 1 aliphatic heterocycles. The van der Waals surface area contributed by atoms with Crippen molar-refractivity contribution in [1.82, 2.24) is 14.5 Å². The Balaban J connectivity index is 1.55. The van der Waals surface area contributed by atoms with Gasteiger partial charge in [0.2, 0.25) is 0 Å². The van der Waals surface area contributed by atoms with Crippen molar-refractivity contribution in [3.05, 3.63) is 90.4 Å². The molecule has 0 aliphatic carbocycles. The topological polar surface area (TPSA) is 119 Å². The van der Waals surface area contributed by atoms with Crippen LogP contribution in [-0.2, 0) is 19.9 Å². The van der Waals surface area contributed by atoms with E-state index in [1.807, 2.05) is 0 Å². The molecule has 2 N–H and O–H groups in total. The number of carbonyl (C=O) groups excluding carboxylic acids is 2. The highest BCUT2D eigenvalue weighted by Crippen LogP contribution is 2.40. The maximum Gasteiger partial charge on any atom is 0.340 e. The molecule has 3 atom stereocenters. The number of anilines is 1. The fourth-order valence-electron chi connectivity index (χ4n) is 4.08. The Morgan fingerprint density at radius 1 is 1.03 bits per heavy atom. The zero-order valence-electron chi connectivity index (χ0n) is 18.4. The number of fused-ring (bicyclic) bond motifs is 1. The number of ether oxygens (including phenoxy) is 3. The molecule has 1 aliphatic rings. The molecule has 4 aromatic rings. The summed E-state index contributed by atoms with van der Waals surface area (Å²) >= 11 is 0. The Labute approximate surface area is 199 Å². The third-order valence-corrected chi connectivity index (χ3v) is 5.84. The molecule has 2 aromatic heterocycles. The smallest absolute Gasteiger partial charge is 0.340 e. The van der Waals surface area contributed by atoms with Crippen LogP contribution in [0.15, 0.2) is 79.3 Å². The predicted molar refractivity (Wildman–Crippen MR) is 123 cm³/mol. The van der Waals surface area contributed by atoms with Gasteiger partial charge in [-0.2, -0.15) is 0 Å². The molecule has 3 heterocycles. The number of imidazole rings is 1. The van der Waals surface area contributed by atoms with E-state index in [1.54, 1.807) is 66.7 Å². The molecule has 5 rings (SSSR count). The molecule has 2 aromatic carbocycles. The summed E-state index contributed by atoms with van der Waals surface area (Å²) in [6.45, 7) is -0.796. The first-order valence-corrected chi connectivity index (χ1v) is 10.8. The minimum Gasteiger partial charge on any atom is -0.459 e. The van der Waals surface area contributed by atoms with Crippen LogP contribution < -0.4 is 5.73 Å². The first kappa shape index (κ1) is 22.5. The van der Waals surface area contributed by atoms with Crippen molar-refractivity contribution >= 4 is 28.8 Å². The van der Waals surface area contributed by atoms with Crippen molar-refractivity contribution in [2.75, 3.05) is 18.9 Å². The summed E-state index contributed by atoms with van der Waals surface area (Å²) < 4.78 is 34.0. The van der Waals surface area contributed by atoms with E-state index in [0.29, 0.717) is 16.8 Å². The Kier molecular flexibility index (Phi) is 5.87. The number of benzene rings is 2. The minimum absolute atomic E-state index is 0.193. The molecular weight excluding hydrogens is 455 g/mol. The number of rotatable bonds is 6. The molecule has 1 fully saturated rings. The van der Waals surface area contributed by atoms with Gasteiger partial charge in [-0.25, -0.2) is 23.9 Å². The lowest BCUT2D eigenvalue weighted by Crippen LogP contribution is -2.53. The van der Waals surface area contributed by atoms with Gasteiger partial charge in [-0.05, 0) is 30.3 Å². The zero-order chi connectivity index (χ0) is 24.4. The summed E-state index contributed by atoms with van der Waals surface area (Å²) in [5, 5.41) is 0. The second-order valence-corrected chi connectivity index (χ2v) is 7.95. The molecule has 9 nitrogen and oxygen atoms in total. The van der Waals surface area contributed by atoms with Crippen LogP contribution in [0, 0.1) is 0 Å². The second kappa shape index (κ2) is 9.15. The Morgan fingerprint density at radius 3 is 2.37 bits per heavy atom. The van der Waals surface area contributed by atoms with Crippen molar-refractivity contribution in [3.63, 3.8) is 0 Å². The Bertz CT molecular complexity index is 1360. The minimum atomic E-state index is -2.06. The fourth-order valence-corrected chi connectivity index (χ4v) is 4.08. The number of hydrogen-bond acceptors (Lipinski definition) is 8. The SMILES string of the molecule is Nc1ccnc2c1ncn2C1(OC(=O)c2ccccc2)[C@H](F)CO[C@@H]1COC(=O)c1ccccc1. The molecule has 35 heavy (non-hydrogen) atoms. The Hall–Kier alpha value is -4.31. The molecule has 0 amide bonds. The quantitative estimate of drug-likeness (QED) is 0.422. The first-order valence-electron chi connectivity index (χ1n) is 10.8. The molecule has 0 radical (unpaired) electrons. The van der Waals surface area contributed by atoms with Crippen molar-refractivity contribution in [1.29, 1.82) is 0 Å². The van der Waals surface area contributed by atoms with E-state index in [0.717, 1.165) is 0 Å². The number of alkyl halides is 1. The van der Waals surface area contributed by atoms with E-state index in [9.17, 15) is 9.59 Å². The largest absolute Gasteiger partial charge is 0.459 e. The van der Waals surface area contributed by atoms with Gasteiger partial charge in [0.15, 0.2) is 17.9 Å². The van der Waals surface area contributed by atoms with Gasteiger partial charge in [-0.1, -0.05) is 36.4 Å². The first-order chi connectivity index (χ1) is 17.0. The van der Waals surface area contributed by atoms with Gasteiger partial charge in [0.25, 0.3) is 5.72 Å². The van der Waals surface area contributed by atoms with Crippen LogP contribution in [0.3, 0.4) is 0 Å². The maximum atomic E-state index is 15.8.